The molecule has 3 rings (SSSR count). The molecule has 1 aromatic carbocycles. The Bertz CT molecular complexity index is 631. The van der Waals surface area contributed by atoms with Gasteiger partial charge in [-0.2, -0.15) is 0 Å². The van der Waals surface area contributed by atoms with Crippen molar-refractivity contribution in [1.82, 2.24) is 14.9 Å². The molecule has 2 N–H and O–H groups in total. The number of rotatable bonds is 2. The van der Waals surface area contributed by atoms with Crippen molar-refractivity contribution >= 4 is 42.4 Å². The number of anilines is 1. The molecule has 1 aliphatic rings. The van der Waals surface area contributed by atoms with E-state index in [0.29, 0.717) is 5.95 Å². The maximum atomic E-state index is 5.95. The van der Waals surface area contributed by atoms with Crippen molar-refractivity contribution in [3.05, 3.63) is 40.5 Å². The summed E-state index contributed by atoms with van der Waals surface area (Å²) in [4.78, 5) is 11.2. The molecule has 0 saturated heterocycles. The van der Waals surface area contributed by atoms with Gasteiger partial charge in [0.15, 0.2) is 0 Å². The van der Waals surface area contributed by atoms with Gasteiger partial charge >= 0.3 is 0 Å². The van der Waals surface area contributed by atoms with Crippen LogP contribution in [-0.4, -0.2) is 28.0 Å². The van der Waals surface area contributed by atoms with E-state index in [1.165, 1.54) is 5.56 Å². The van der Waals surface area contributed by atoms with Crippen LogP contribution < -0.4 is 5.73 Å². The maximum absolute atomic E-state index is 5.95. The molecule has 0 atom stereocenters. The van der Waals surface area contributed by atoms with E-state index >= 15 is 0 Å². The van der Waals surface area contributed by atoms with Gasteiger partial charge in [-0.25, -0.2) is 9.97 Å². The largest absolute Gasteiger partial charge is 0.368 e. The summed E-state index contributed by atoms with van der Waals surface area (Å²) in [7, 11) is 0. The van der Waals surface area contributed by atoms with Crippen molar-refractivity contribution in [2.24, 2.45) is 0 Å². The zero-order chi connectivity index (χ0) is 14.1. The zero-order valence-corrected chi connectivity index (χ0v) is 14.6. The van der Waals surface area contributed by atoms with E-state index in [1.807, 2.05) is 24.3 Å². The van der Waals surface area contributed by atoms with Crippen LogP contribution >= 0.6 is 36.4 Å². The molecule has 1 aromatic heterocycles. The molecule has 0 bridgehead atoms. The molecule has 0 saturated carbocycles. The van der Waals surface area contributed by atoms with E-state index in [-0.39, 0.29) is 24.8 Å². The molecule has 0 fully saturated rings. The lowest BCUT2D eigenvalue weighted by atomic mass is 9.99. The molecule has 0 amide bonds. The third-order valence-electron chi connectivity index (χ3n) is 3.72. The second kappa shape index (κ2) is 7.97. The zero-order valence-electron chi connectivity index (χ0n) is 12.3. The first kappa shape index (κ1) is 19.0. The number of nitrogen functional groups attached to an aromatic ring is 1. The van der Waals surface area contributed by atoms with E-state index in [9.17, 15) is 0 Å². The molecule has 22 heavy (non-hydrogen) atoms. The number of aromatic nitrogens is 2. The maximum Gasteiger partial charge on any atom is 0.220 e. The first-order valence-electron chi connectivity index (χ1n) is 6.81. The normalized spacial score (nSPS) is 13.7. The van der Waals surface area contributed by atoms with Gasteiger partial charge < -0.3 is 5.73 Å². The minimum atomic E-state index is 0. The molecule has 2 aromatic rings. The summed E-state index contributed by atoms with van der Waals surface area (Å²) in [6.07, 6.45) is 0.927. The lowest BCUT2D eigenvalue weighted by molar-refractivity contribution is 0.266. The fourth-order valence-electron chi connectivity index (χ4n) is 2.61. The molecule has 1 aliphatic heterocycles. The monoisotopic (exact) mass is 360 g/mol. The summed E-state index contributed by atoms with van der Waals surface area (Å²) < 4.78 is 0. The van der Waals surface area contributed by atoms with Gasteiger partial charge in [0.05, 0.1) is 11.4 Å². The topological polar surface area (TPSA) is 55.0 Å². The average Bonchev–Trinajstić information content (AvgIpc) is 2.47. The van der Waals surface area contributed by atoms with Crippen LogP contribution in [0.4, 0.5) is 5.95 Å². The van der Waals surface area contributed by atoms with E-state index in [0.717, 1.165) is 48.0 Å². The second-order valence-corrected chi connectivity index (χ2v) is 5.42. The molecule has 0 unspecified atom stereocenters. The van der Waals surface area contributed by atoms with Gasteiger partial charge in [-0.3, -0.25) is 4.90 Å². The minimum absolute atomic E-state index is 0. The molecular weight excluding hydrogens is 343 g/mol. The van der Waals surface area contributed by atoms with E-state index in [1.54, 1.807) is 0 Å². The Balaban J connectivity index is 0.00000121. The van der Waals surface area contributed by atoms with Crippen molar-refractivity contribution in [2.45, 2.75) is 19.9 Å². The fourth-order valence-corrected chi connectivity index (χ4v) is 2.73. The van der Waals surface area contributed by atoms with Crippen molar-refractivity contribution < 1.29 is 0 Å². The van der Waals surface area contributed by atoms with Gasteiger partial charge in [-0.15, -0.1) is 24.8 Å². The van der Waals surface area contributed by atoms with Gasteiger partial charge in [0.25, 0.3) is 0 Å². The van der Waals surface area contributed by atoms with Crippen molar-refractivity contribution in [3.8, 4) is 11.3 Å². The third kappa shape index (κ3) is 3.82. The smallest absolute Gasteiger partial charge is 0.220 e. The average molecular weight is 362 g/mol. The first-order valence-corrected chi connectivity index (χ1v) is 7.18. The van der Waals surface area contributed by atoms with E-state index < -0.39 is 0 Å². The molecule has 7 heteroatoms. The molecule has 0 spiro atoms. The highest BCUT2D eigenvalue weighted by molar-refractivity contribution is 6.30. The molecule has 120 valence electrons. The predicted molar refractivity (Wildman–Crippen MR) is 96.0 cm³/mol. The SMILES string of the molecule is CCN1CCc2nc(N)nc(-c3ccc(Cl)cc3)c2C1.Cl.Cl. The van der Waals surface area contributed by atoms with Gasteiger partial charge in [0.2, 0.25) is 5.95 Å². The Morgan fingerprint density at radius 2 is 1.86 bits per heavy atom. The Labute approximate surface area is 147 Å². The fraction of sp³-hybridized carbons (Fsp3) is 0.333. The lowest BCUT2D eigenvalue weighted by Gasteiger charge is -2.28. The van der Waals surface area contributed by atoms with Crippen LogP contribution in [-0.2, 0) is 13.0 Å². The van der Waals surface area contributed by atoms with Gasteiger partial charge in [0, 0.05) is 35.7 Å². The summed E-state index contributed by atoms with van der Waals surface area (Å²) >= 11 is 5.95. The number of fused-ring (bicyclic) bond motifs is 1. The van der Waals surface area contributed by atoms with Crippen molar-refractivity contribution in [2.75, 3.05) is 18.8 Å². The summed E-state index contributed by atoms with van der Waals surface area (Å²) in [5.41, 5.74) is 10.1. The summed E-state index contributed by atoms with van der Waals surface area (Å²) in [5.74, 6) is 0.346. The Hall–Kier alpha value is -1.07. The van der Waals surface area contributed by atoms with Crippen LogP contribution in [0.1, 0.15) is 18.2 Å². The Kier molecular flexibility index (Phi) is 6.88. The quantitative estimate of drug-likeness (QED) is 0.888. The van der Waals surface area contributed by atoms with Gasteiger partial charge in [-0.1, -0.05) is 30.7 Å². The van der Waals surface area contributed by atoms with Crippen LogP contribution in [0.25, 0.3) is 11.3 Å². The summed E-state index contributed by atoms with van der Waals surface area (Å²) in [6, 6.07) is 7.72. The Morgan fingerprint density at radius 1 is 1.18 bits per heavy atom. The highest BCUT2D eigenvalue weighted by Crippen LogP contribution is 2.29. The highest BCUT2D eigenvalue weighted by Gasteiger charge is 2.21. The van der Waals surface area contributed by atoms with Crippen LogP contribution in [0.2, 0.25) is 5.02 Å². The van der Waals surface area contributed by atoms with Crippen LogP contribution in [0, 0.1) is 0 Å². The van der Waals surface area contributed by atoms with Crippen LogP contribution in [0.3, 0.4) is 0 Å². The lowest BCUT2D eigenvalue weighted by Crippen LogP contribution is -2.31. The van der Waals surface area contributed by atoms with Gasteiger partial charge in [0.1, 0.15) is 0 Å². The number of nitrogens with two attached hydrogens (primary N) is 1. The van der Waals surface area contributed by atoms with Crippen molar-refractivity contribution in [1.29, 1.82) is 0 Å². The van der Waals surface area contributed by atoms with E-state index in [4.69, 9.17) is 17.3 Å². The summed E-state index contributed by atoms with van der Waals surface area (Å²) in [6.45, 7) is 5.11. The number of benzene rings is 1. The van der Waals surface area contributed by atoms with Crippen molar-refractivity contribution in [3.63, 3.8) is 0 Å². The van der Waals surface area contributed by atoms with Crippen LogP contribution in [0.5, 0.6) is 0 Å². The Morgan fingerprint density at radius 3 is 2.50 bits per heavy atom. The first-order chi connectivity index (χ1) is 9.67. The second-order valence-electron chi connectivity index (χ2n) is 4.98. The summed E-state index contributed by atoms with van der Waals surface area (Å²) in [5, 5.41) is 0.722. The number of hydrogen-bond donors (Lipinski definition) is 1. The van der Waals surface area contributed by atoms with Crippen LogP contribution in [0.15, 0.2) is 24.3 Å². The van der Waals surface area contributed by atoms with Gasteiger partial charge in [-0.05, 0) is 18.7 Å². The minimum Gasteiger partial charge on any atom is -0.368 e. The molecule has 0 aliphatic carbocycles. The standard InChI is InChI=1S/C15H17ClN4.2ClH/c1-2-20-8-7-13-12(9-20)14(19-15(17)18-13)10-3-5-11(16)6-4-10;;/h3-6H,2,7-9H2,1H3,(H2,17,18,19);2*1H. The number of nitrogens with zero attached hydrogens (tertiary/aromatic N) is 3. The highest BCUT2D eigenvalue weighted by atomic mass is 35.5. The number of halogens is 3. The molecule has 2 heterocycles. The van der Waals surface area contributed by atoms with E-state index in [2.05, 4.69) is 21.8 Å². The number of hydrogen-bond acceptors (Lipinski definition) is 4. The molecular formula is C15H19Cl3N4. The number of likely N-dealkylation sites (N-methyl/N-ethyl adjacent to an activating group) is 1. The molecule has 0 radical (unpaired) electrons. The predicted octanol–water partition coefficient (Wildman–Crippen LogP) is 3.60. The third-order valence-corrected chi connectivity index (χ3v) is 3.97. The molecule has 4 nitrogen and oxygen atoms in total.